The number of carbonyl (C=O) groups is 1. The van der Waals surface area contributed by atoms with E-state index in [0.29, 0.717) is 5.69 Å². The van der Waals surface area contributed by atoms with Gasteiger partial charge in [-0.3, -0.25) is 14.7 Å². The Morgan fingerprint density at radius 3 is 2.81 bits per heavy atom. The van der Waals surface area contributed by atoms with E-state index in [4.69, 9.17) is 4.98 Å². The minimum Gasteiger partial charge on any atom is -0.348 e. The van der Waals surface area contributed by atoms with E-state index in [1.54, 1.807) is 12.3 Å². The lowest BCUT2D eigenvalue weighted by atomic mass is 9.78. The second kappa shape index (κ2) is 7.19. The summed E-state index contributed by atoms with van der Waals surface area (Å²) in [5.41, 5.74) is 3.01. The summed E-state index contributed by atoms with van der Waals surface area (Å²) in [6.07, 6.45) is 8.84. The topological polar surface area (TPSA) is 65.1 Å². The molecule has 2 aromatic rings. The summed E-state index contributed by atoms with van der Waals surface area (Å²) < 4.78 is 0. The van der Waals surface area contributed by atoms with Crippen LogP contribution in [0.5, 0.6) is 0 Å². The van der Waals surface area contributed by atoms with Crippen LogP contribution in [-0.2, 0) is 12.0 Å². The van der Waals surface area contributed by atoms with Crippen LogP contribution in [-0.4, -0.2) is 56.8 Å². The second-order valence-corrected chi connectivity index (χ2v) is 7.36. The van der Waals surface area contributed by atoms with E-state index >= 15 is 0 Å². The number of likely N-dealkylation sites (tertiary alicyclic amines) is 1. The van der Waals surface area contributed by atoms with E-state index in [1.807, 2.05) is 23.4 Å². The van der Waals surface area contributed by atoms with Crippen LogP contribution in [0.3, 0.4) is 0 Å². The van der Waals surface area contributed by atoms with Crippen LogP contribution >= 0.6 is 0 Å². The quantitative estimate of drug-likeness (QED) is 0.918. The number of hydrogen-bond donors (Lipinski definition) is 1. The van der Waals surface area contributed by atoms with Gasteiger partial charge < -0.3 is 9.88 Å². The number of imidazole rings is 1. The molecule has 138 valence electrons. The number of piperidine rings is 1. The lowest BCUT2D eigenvalue weighted by Crippen LogP contribution is -2.57. The third-order valence-corrected chi connectivity index (χ3v) is 5.94. The van der Waals surface area contributed by atoms with E-state index in [0.717, 1.165) is 45.4 Å². The normalized spacial score (nSPS) is 19.5. The van der Waals surface area contributed by atoms with Gasteiger partial charge in [-0.05, 0) is 37.9 Å². The number of aromatic amines is 1. The van der Waals surface area contributed by atoms with E-state index in [9.17, 15) is 4.79 Å². The smallest absolute Gasteiger partial charge is 0.272 e. The number of carbonyl (C=O) groups excluding carboxylic acids is 1. The fraction of sp³-hybridized carbons (Fsp3) is 0.550. The molecule has 0 saturated carbocycles. The van der Waals surface area contributed by atoms with Crippen LogP contribution in [0.2, 0.25) is 0 Å². The minimum absolute atomic E-state index is 0.0242. The van der Waals surface area contributed by atoms with Gasteiger partial charge in [0.05, 0.1) is 17.6 Å². The van der Waals surface area contributed by atoms with Crippen LogP contribution in [0.4, 0.5) is 0 Å². The molecule has 1 spiro atoms. The molecular formula is C20H27N5O. The molecule has 0 aromatic carbocycles. The summed E-state index contributed by atoms with van der Waals surface area (Å²) in [7, 11) is 0. The third-order valence-electron chi connectivity index (χ3n) is 5.94. The molecule has 0 aliphatic carbocycles. The molecule has 1 saturated heterocycles. The van der Waals surface area contributed by atoms with Gasteiger partial charge in [0.1, 0.15) is 5.69 Å². The fourth-order valence-electron chi connectivity index (χ4n) is 4.48. The number of hydrogen-bond acceptors (Lipinski definition) is 4. The first-order chi connectivity index (χ1) is 12.7. The highest BCUT2D eigenvalue weighted by atomic mass is 16.2. The molecule has 26 heavy (non-hydrogen) atoms. The van der Waals surface area contributed by atoms with Crippen LogP contribution in [0, 0.1) is 0 Å². The molecule has 2 aliphatic rings. The Labute approximate surface area is 154 Å². The zero-order valence-corrected chi connectivity index (χ0v) is 15.4. The SMILES string of the molecule is CCCCN1CCc2[nH]cnc2C12CCN(C(=O)c1ccccn1)CC2. The highest BCUT2D eigenvalue weighted by molar-refractivity contribution is 5.92. The van der Waals surface area contributed by atoms with Gasteiger partial charge in [-0.1, -0.05) is 19.4 Å². The summed E-state index contributed by atoms with van der Waals surface area (Å²) >= 11 is 0. The van der Waals surface area contributed by atoms with Gasteiger partial charge in [-0.2, -0.15) is 0 Å². The van der Waals surface area contributed by atoms with Crippen molar-refractivity contribution in [3.8, 4) is 0 Å². The molecule has 0 radical (unpaired) electrons. The second-order valence-electron chi connectivity index (χ2n) is 7.36. The lowest BCUT2D eigenvalue weighted by molar-refractivity contribution is 0.00613. The number of unbranched alkanes of at least 4 members (excludes halogenated alkanes) is 1. The maximum Gasteiger partial charge on any atom is 0.272 e. The molecule has 6 nitrogen and oxygen atoms in total. The first-order valence-corrected chi connectivity index (χ1v) is 9.72. The number of amides is 1. The van der Waals surface area contributed by atoms with E-state index in [-0.39, 0.29) is 11.4 Å². The van der Waals surface area contributed by atoms with Crippen molar-refractivity contribution in [1.29, 1.82) is 0 Å². The van der Waals surface area contributed by atoms with E-state index in [2.05, 4.69) is 21.8 Å². The van der Waals surface area contributed by atoms with Crippen molar-refractivity contribution in [3.63, 3.8) is 0 Å². The number of fused-ring (bicyclic) bond motifs is 2. The Morgan fingerprint density at radius 1 is 1.23 bits per heavy atom. The average molecular weight is 353 g/mol. The van der Waals surface area contributed by atoms with Gasteiger partial charge in [0.25, 0.3) is 5.91 Å². The molecule has 2 aliphatic heterocycles. The fourth-order valence-corrected chi connectivity index (χ4v) is 4.48. The third kappa shape index (κ3) is 2.92. The molecule has 6 heteroatoms. The molecule has 4 heterocycles. The Balaban J connectivity index is 1.54. The van der Waals surface area contributed by atoms with Crippen molar-refractivity contribution >= 4 is 5.91 Å². The summed E-state index contributed by atoms with van der Waals surface area (Å²) in [4.78, 5) is 29.6. The molecule has 1 N–H and O–H groups in total. The predicted molar refractivity (Wildman–Crippen MR) is 99.8 cm³/mol. The molecule has 4 rings (SSSR count). The van der Waals surface area contributed by atoms with Crippen molar-refractivity contribution in [2.24, 2.45) is 0 Å². The molecule has 0 atom stereocenters. The molecule has 2 aromatic heterocycles. The molecule has 1 amide bonds. The standard InChI is InChI=1S/C20H27N5O/c1-2-3-11-25-12-7-16-18(23-15-22-16)20(25)8-13-24(14-9-20)19(26)17-6-4-5-10-21-17/h4-6,10,15H,2-3,7-9,11-14H2,1H3,(H,22,23). The molecule has 0 unspecified atom stereocenters. The number of rotatable bonds is 4. The first kappa shape index (κ1) is 17.2. The van der Waals surface area contributed by atoms with Gasteiger partial charge in [0, 0.05) is 37.9 Å². The van der Waals surface area contributed by atoms with Crippen LogP contribution in [0.1, 0.15) is 54.5 Å². The maximum absolute atomic E-state index is 12.7. The van der Waals surface area contributed by atoms with E-state index in [1.165, 1.54) is 24.2 Å². The Hall–Kier alpha value is -2.21. The predicted octanol–water partition coefficient (Wildman–Crippen LogP) is 2.59. The maximum atomic E-state index is 12.7. The average Bonchev–Trinajstić information content (AvgIpc) is 3.18. The minimum atomic E-state index is -0.0242. The number of pyridine rings is 1. The summed E-state index contributed by atoms with van der Waals surface area (Å²) in [5, 5.41) is 0. The molecule has 1 fully saturated rings. The highest BCUT2D eigenvalue weighted by Crippen LogP contribution is 2.42. The zero-order valence-electron chi connectivity index (χ0n) is 15.4. The van der Waals surface area contributed by atoms with E-state index < -0.39 is 0 Å². The van der Waals surface area contributed by atoms with Gasteiger partial charge in [0.15, 0.2) is 0 Å². The Bertz CT molecular complexity index is 749. The first-order valence-electron chi connectivity index (χ1n) is 9.72. The Kier molecular flexibility index (Phi) is 4.76. The van der Waals surface area contributed by atoms with Crippen LogP contribution in [0.15, 0.2) is 30.7 Å². The Morgan fingerprint density at radius 2 is 2.08 bits per heavy atom. The monoisotopic (exact) mass is 353 g/mol. The van der Waals surface area contributed by atoms with Gasteiger partial charge in [0.2, 0.25) is 0 Å². The van der Waals surface area contributed by atoms with Crippen LogP contribution < -0.4 is 0 Å². The van der Waals surface area contributed by atoms with Gasteiger partial charge >= 0.3 is 0 Å². The van der Waals surface area contributed by atoms with Crippen molar-refractivity contribution in [1.82, 2.24) is 24.8 Å². The van der Waals surface area contributed by atoms with Gasteiger partial charge in [-0.15, -0.1) is 0 Å². The number of nitrogens with zero attached hydrogens (tertiary/aromatic N) is 4. The summed E-state index contributed by atoms with van der Waals surface area (Å²) in [6, 6.07) is 5.51. The zero-order chi connectivity index (χ0) is 18.0. The molecule has 0 bridgehead atoms. The van der Waals surface area contributed by atoms with Gasteiger partial charge in [-0.25, -0.2) is 4.98 Å². The van der Waals surface area contributed by atoms with Crippen molar-refractivity contribution in [2.45, 2.75) is 44.6 Å². The van der Waals surface area contributed by atoms with Crippen molar-refractivity contribution in [2.75, 3.05) is 26.2 Å². The van der Waals surface area contributed by atoms with Crippen molar-refractivity contribution < 1.29 is 4.79 Å². The number of nitrogens with one attached hydrogen (secondary N) is 1. The number of aromatic nitrogens is 3. The van der Waals surface area contributed by atoms with Crippen molar-refractivity contribution in [3.05, 3.63) is 47.8 Å². The largest absolute Gasteiger partial charge is 0.348 e. The molecular weight excluding hydrogens is 326 g/mol. The number of H-pyrrole nitrogens is 1. The summed E-state index contributed by atoms with van der Waals surface area (Å²) in [5.74, 6) is 0.0404. The summed E-state index contributed by atoms with van der Waals surface area (Å²) in [6.45, 7) is 5.93. The van der Waals surface area contributed by atoms with Crippen LogP contribution in [0.25, 0.3) is 0 Å². The lowest BCUT2D eigenvalue weighted by Gasteiger charge is -2.50. The highest BCUT2D eigenvalue weighted by Gasteiger charge is 2.46.